The molecule has 0 amide bonds. The molecule has 0 N–H and O–H groups in total. The van der Waals surface area contributed by atoms with Gasteiger partial charge in [-0.2, -0.15) is 5.10 Å². The van der Waals surface area contributed by atoms with Gasteiger partial charge in [-0.15, -0.1) is 0 Å². The minimum absolute atomic E-state index is 0.189. The van der Waals surface area contributed by atoms with Crippen LogP contribution in [-0.2, 0) is 6.54 Å². The molecule has 1 aliphatic rings. The van der Waals surface area contributed by atoms with Crippen LogP contribution in [0.4, 0.5) is 8.78 Å². The fraction of sp³-hybridized carbons (Fsp3) is 0.217. The number of fused-ring (bicyclic) bond motifs is 1. The van der Waals surface area contributed by atoms with E-state index in [0.717, 1.165) is 17.4 Å². The number of hydrogen-bond donors (Lipinski definition) is 0. The lowest BCUT2D eigenvalue weighted by molar-refractivity contribution is 0.395. The molecule has 162 valence electrons. The van der Waals surface area contributed by atoms with Gasteiger partial charge in [0, 0.05) is 24.7 Å². The summed E-state index contributed by atoms with van der Waals surface area (Å²) >= 11 is 0. The fourth-order valence-electron chi connectivity index (χ4n) is 3.94. The van der Waals surface area contributed by atoms with Crippen molar-refractivity contribution in [2.45, 2.75) is 25.8 Å². The van der Waals surface area contributed by atoms with Crippen molar-refractivity contribution in [2.24, 2.45) is 0 Å². The number of pyridine rings is 1. The molecule has 0 spiro atoms. The van der Waals surface area contributed by atoms with Crippen molar-refractivity contribution < 1.29 is 13.5 Å². The maximum absolute atomic E-state index is 13.7. The van der Waals surface area contributed by atoms with Gasteiger partial charge in [-0.25, -0.2) is 28.4 Å². The lowest BCUT2D eigenvalue weighted by Gasteiger charge is -2.08. The van der Waals surface area contributed by atoms with E-state index in [1.165, 1.54) is 12.1 Å². The number of hydrogen-bond acceptors (Lipinski definition) is 5. The molecule has 0 saturated heterocycles. The van der Waals surface area contributed by atoms with Crippen LogP contribution in [0.25, 0.3) is 17.8 Å². The van der Waals surface area contributed by atoms with Gasteiger partial charge in [0.15, 0.2) is 5.82 Å². The lowest BCUT2D eigenvalue weighted by Crippen LogP contribution is -2.00. The molecule has 0 radical (unpaired) electrons. The number of ether oxygens (including phenoxy) is 1. The Morgan fingerprint density at radius 2 is 1.91 bits per heavy atom. The molecule has 9 heteroatoms. The Morgan fingerprint density at radius 1 is 1.09 bits per heavy atom. The molecule has 4 aromatic rings. The average molecular weight is 434 g/mol. The zero-order valence-corrected chi connectivity index (χ0v) is 17.5. The van der Waals surface area contributed by atoms with Crippen LogP contribution in [0.3, 0.4) is 0 Å². The average Bonchev–Trinajstić information content (AvgIpc) is 3.47. The molecule has 7 nitrogen and oxygen atoms in total. The molecular weight excluding hydrogens is 414 g/mol. The zero-order chi connectivity index (χ0) is 22.2. The third kappa shape index (κ3) is 3.77. The van der Waals surface area contributed by atoms with E-state index >= 15 is 0 Å². The van der Waals surface area contributed by atoms with Crippen molar-refractivity contribution in [3.63, 3.8) is 0 Å². The van der Waals surface area contributed by atoms with Gasteiger partial charge < -0.3 is 9.30 Å². The van der Waals surface area contributed by atoms with Crippen LogP contribution >= 0.6 is 0 Å². The van der Waals surface area contributed by atoms with Gasteiger partial charge in [0.2, 0.25) is 5.88 Å². The summed E-state index contributed by atoms with van der Waals surface area (Å²) in [4.78, 5) is 13.3. The second-order valence-corrected chi connectivity index (χ2v) is 7.62. The van der Waals surface area contributed by atoms with Crippen LogP contribution in [0, 0.1) is 18.6 Å². The van der Waals surface area contributed by atoms with Crippen LogP contribution in [0.2, 0.25) is 0 Å². The summed E-state index contributed by atoms with van der Waals surface area (Å²) in [5.74, 6) is 0.312. The van der Waals surface area contributed by atoms with Crippen molar-refractivity contribution >= 4 is 12.2 Å². The van der Waals surface area contributed by atoms with Gasteiger partial charge in [0.05, 0.1) is 24.8 Å². The molecule has 1 aromatic carbocycles. The Morgan fingerprint density at radius 3 is 2.62 bits per heavy atom. The number of methoxy groups -OCH3 is 1. The van der Waals surface area contributed by atoms with E-state index < -0.39 is 11.6 Å². The van der Waals surface area contributed by atoms with E-state index in [9.17, 15) is 8.78 Å². The molecule has 32 heavy (non-hydrogen) atoms. The van der Waals surface area contributed by atoms with Crippen LogP contribution in [-0.4, -0.2) is 36.4 Å². The van der Waals surface area contributed by atoms with Crippen molar-refractivity contribution in [2.75, 3.05) is 7.11 Å². The van der Waals surface area contributed by atoms with E-state index in [4.69, 9.17) is 4.74 Å². The molecular formula is C23H20F2N6O. The first-order valence-electron chi connectivity index (χ1n) is 10.1. The van der Waals surface area contributed by atoms with Crippen LogP contribution in [0.5, 0.6) is 5.88 Å². The number of aromatic nitrogens is 6. The molecule has 1 unspecified atom stereocenters. The highest BCUT2D eigenvalue weighted by atomic mass is 19.1. The molecule has 1 aliphatic heterocycles. The third-order valence-corrected chi connectivity index (χ3v) is 5.39. The molecule has 0 bridgehead atoms. The van der Waals surface area contributed by atoms with Gasteiger partial charge in [-0.3, -0.25) is 0 Å². The first-order chi connectivity index (χ1) is 15.5. The van der Waals surface area contributed by atoms with Crippen molar-refractivity contribution in [1.29, 1.82) is 0 Å². The highest BCUT2D eigenvalue weighted by Gasteiger charge is 2.28. The van der Waals surface area contributed by atoms with E-state index in [-0.39, 0.29) is 5.92 Å². The molecule has 0 saturated carbocycles. The van der Waals surface area contributed by atoms with Crippen LogP contribution < -0.4 is 4.74 Å². The normalized spacial score (nSPS) is 15.4. The molecule has 0 aliphatic carbocycles. The number of benzene rings is 1. The maximum atomic E-state index is 13.7. The highest BCUT2D eigenvalue weighted by Crippen LogP contribution is 2.33. The summed E-state index contributed by atoms with van der Waals surface area (Å²) in [6, 6.07) is 7.35. The summed E-state index contributed by atoms with van der Waals surface area (Å²) in [6.07, 6.45) is 7.87. The van der Waals surface area contributed by atoms with Gasteiger partial charge in [-0.05, 0) is 55.3 Å². The van der Waals surface area contributed by atoms with Gasteiger partial charge in [0.1, 0.15) is 23.1 Å². The predicted molar refractivity (Wildman–Crippen MR) is 114 cm³/mol. The zero-order valence-electron chi connectivity index (χ0n) is 17.5. The third-order valence-electron chi connectivity index (χ3n) is 5.39. The Labute approximate surface area is 183 Å². The first kappa shape index (κ1) is 20.0. The summed E-state index contributed by atoms with van der Waals surface area (Å²) in [6.45, 7) is 2.56. The standard InChI is InChI=1S/C23H20F2N6O/c1-14-12-30(13-26-14)20-5-3-18(27-23(20)32-2)4-6-21-28-22-19(7-8-31(22)29-21)15-9-16(24)11-17(25)10-15/h3-6,9-13,19H,7-8H2,1-2H3. The van der Waals surface area contributed by atoms with Crippen molar-refractivity contribution in [3.8, 4) is 11.6 Å². The number of halogens is 2. The quantitative estimate of drug-likeness (QED) is 0.472. The molecule has 1 atom stereocenters. The maximum Gasteiger partial charge on any atom is 0.238 e. The molecule has 4 heterocycles. The Balaban J connectivity index is 1.39. The monoisotopic (exact) mass is 434 g/mol. The van der Waals surface area contributed by atoms with E-state index in [0.29, 0.717) is 41.8 Å². The summed E-state index contributed by atoms with van der Waals surface area (Å²) in [7, 11) is 1.57. The smallest absolute Gasteiger partial charge is 0.238 e. The van der Waals surface area contributed by atoms with Gasteiger partial charge in [-0.1, -0.05) is 0 Å². The molecule has 3 aromatic heterocycles. The van der Waals surface area contributed by atoms with Gasteiger partial charge >= 0.3 is 0 Å². The first-order valence-corrected chi connectivity index (χ1v) is 10.1. The summed E-state index contributed by atoms with van der Waals surface area (Å²) in [5.41, 5.74) is 2.94. The second-order valence-electron chi connectivity index (χ2n) is 7.62. The van der Waals surface area contributed by atoms with Gasteiger partial charge in [0.25, 0.3) is 0 Å². The minimum atomic E-state index is -0.590. The van der Waals surface area contributed by atoms with Crippen LogP contribution in [0.15, 0.2) is 42.9 Å². The largest absolute Gasteiger partial charge is 0.479 e. The summed E-state index contributed by atoms with van der Waals surface area (Å²) in [5, 5.41) is 4.50. The molecule has 0 fully saturated rings. The summed E-state index contributed by atoms with van der Waals surface area (Å²) < 4.78 is 36.4. The molecule has 5 rings (SSSR count). The number of aryl methyl sites for hydroxylation is 2. The number of rotatable bonds is 5. The van der Waals surface area contributed by atoms with Crippen LogP contribution in [0.1, 0.15) is 40.9 Å². The SMILES string of the molecule is COc1nc(C=Cc2nc3n(n2)CCC3c2cc(F)cc(F)c2)ccc1-n1cnc(C)c1. The second kappa shape index (κ2) is 7.99. The Kier molecular flexibility index (Phi) is 5.01. The minimum Gasteiger partial charge on any atom is -0.479 e. The predicted octanol–water partition coefficient (Wildman–Crippen LogP) is 4.16. The highest BCUT2D eigenvalue weighted by molar-refractivity contribution is 5.65. The van der Waals surface area contributed by atoms with Crippen molar-refractivity contribution in [1.82, 2.24) is 29.3 Å². The fourth-order valence-corrected chi connectivity index (χ4v) is 3.94. The number of imidazole rings is 1. The lowest BCUT2D eigenvalue weighted by atomic mass is 9.97. The topological polar surface area (TPSA) is 70.7 Å². The Bertz CT molecular complexity index is 1310. The van der Waals surface area contributed by atoms with E-state index in [1.54, 1.807) is 30.3 Å². The van der Waals surface area contributed by atoms with Crippen molar-refractivity contribution in [3.05, 3.63) is 83.1 Å². The van der Waals surface area contributed by atoms with E-state index in [1.807, 2.05) is 29.8 Å². The van der Waals surface area contributed by atoms with E-state index in [2.05, 4.69) is 20.1 Å². The Hall–Kier alpha value is -3.88. The number of nitrogens with zero attached hydrogens (tertiary/aromatic N) is 6.